The molecular formula is C21H23N5O2. The molecule has 7 heteroatoms. The Balaban J connectivity index is 1.26. The van der Waals surface area contributed by atoms with Crippen LogP contribution in [-0.2, 0) is 13.0 Å². The second-order valence-corrected chi connectivity index (χ2v) is 7.00. The van der Waals surface area contributed by atoms with E-state index in [4.69, 9.17) is 0 Å². The highest BCUT2D eigenvalue weighted by Gasteiger charge is 2.19. The van der Waals surface area contributed by atoms with Gasteiger partial charge in [0.05, 0.1) is 11.8 Å². The predicted octanol–water partition coefficient (Wildman–Crippen LogP) is 1.42. The summed E-state index contributed by atoms with van der Waals surface area (Å²) in [7, 11) is 0. The lowest BCUT2D eigenvalue weighted by Crippen LogP contribution is -2.42. The Labute approximate surface area is 163 Å². The summed E-state index contributed by atoms with van der Waals surface area (Å²) >= 11 is 0. The molecule has 1 aliphatic heterocycles. The van der Waals surface area contributed by atoms with Gasteiger partial charge in [0.2, 0.25) is 0 Å². The molecule has 1 atom stereocenters. The number of nitrogens with one attached hydrogen (secondary N) is 1. The van der Waals surface area contributed by atoms with Gasteiger partial charge in [0.25, 0.3) is 5.91 Å². The van der Waals surface area contributed by atoms with Crippen LogP contribution in [0, 0.1) is 0 Å². The number of hydrogen-bond acceptors (Lipinski definition) is 5. The van der Waals surface area contributed by atoms with Crippen LogP contribution in [0.5, 0.6) is 0 Å². The molecule has 0 saturated carbocycles. The highest BCUT2D eigenvalue weighted by molar-refractivity contribution is 5.94. The van der Waals surface area contributed by atoms with E-state index in [-0.39, 0.29) is 12.5 Å². The number of hydrogen-bond donors (Lipinski definition) is 2. The Morgan fingerprint density at radius 3 is 2.68 bits per heavy atom. The number of carbonyl (C=O) groups excluding carboxylic acids is 1. The van der Waals surface area contributed by atoms with Crippen LogP contribution in [0.4, 0.5) is 0 Å². The third kappa shape index (κ3) is 4.27. The van der Waals surface area contributed by atoms with Gasteiger partial charge < -0.3 is 10.4 Å². The number of carbonyl (C=O) groups is 1. The van der Waals surface area contributed by atoms with Crippen LogP contribution >= 0.6 is 0 Å². The standard InChI is InChI=1S/C21H23N5O2/c27-20(13-25-10-9-16-3-1-2-4-18(16)12-25)11-23-21(28)17-5-7-19(8-6-17)26-15-22-14-24-26/h1-8,14-15,20,27H,9-13H2,(H,23,28). The van der Waals surface area contributed by atoms with Crippen molar-refractivity contribution in [2.75, 3.05) is 19.6 Å². The molecule has 1 amide bonds. The van der Waals surface area contributed by atoms with Crippen molar-refractivity contribution in [3.05, 3.63) is 77.9 Å². The summed E-state index contributed by atoms with van der Waals surface area (Å²) in [5.41, 5.74) is 4.08. The van der Waals surface area contributed by atoms with Crippen molar-refractivity contribution in [3.8, 4) is 5.69 Å². The Morgan fingerprint density at radius 1 is 1.14 bits per heavy atom. The van der Waals surface area contributed by atoms with E-state index in [0.717, 1.165) is 25.2 Å². The minimum atomic E-state index is -0.608. The Bertz CT molecular complexity index is 924. The maximum Gasteiger partial charge on any atom is 0.251 e. The first-order valence-corrected chi connectivity index (χ1v) is 9.39. The van der Waals surface area contributed by atoms with Crippen LogP contribution in [0.15, 0.2) is 61.2 Å². The van der Waals surface area contributed by atoms with Crippen LogP contribution in [0.25, 0.3) is 5.69 Å². The van der Waals surface area contributed by atoms with E-state index in [0.29, 0.717) is 12.1 Å². The zero-order chi connectivity index (χ0) is 19.3. The van der Waals surface area contributed by atoms with E-state index < -0.39 is 6.10 Å². The predicted molar refractivity (Wildman–Crippen MR) is 105 cm³/mol. The Morgan fingerprint density at radius 2 is 1.93 bits per heavy atom. The fourth-order valence-corrected chi connectivity index (χ4v) is 3.49. The molecule has 2 heterocycles. The molecule has 0 spiro atoms. The maximum atomic E-state index is 12.3. The number of aromatic nitrogens is 3. The first kappa shape index (κ1) is 18.3. The van der Waals surface area contributed by atoms with E-state index >= 15 is 0 Å². The molecule has 7 nitrogen and oxygen atoms in total. The molecule has 1 unspecified atom stereocenters. The summed E-state index contributed by atoms with van der Waals surface area (Å²) in [6.45, 7) is 2.53. The Kier molecular flexibility index (Phi) is 5.45. The normalized spacial score (nSPS) is 15.0. The molecule has 144 valence electrons. The monoisotopic (exact) mass is 377 g/mol. The van der Waals surface area contributed by atoms with Crippen molar-refractivity contribution in [1.82, 2.24) is 25.0 Å². The minimum Gasteiger partial charge on any atom is -0.390 e. The number of aliphatic hydroxyl groups excluding tert-OH is 1. The number of amides is 1. The largest absolute Gasteiger partial charge is 0.390 e. The fraction of sp³-hybridized carbons (Fsp3) is 0.286. The van der Waals surface area contributed by atoms with Crippen molar-refractivity contribution >= 4 is 5.91 Å². The molecule has 2 aromatic carbocycles. The summed E-state index contributed by atoms with van der Waals surface area (Å²) in [5, 5.41) is 17.2. The summed E-state index contributed by atoms with van der Waals surface area (Å²) in [5.74, 6) is -0.201. The van der Waals surface area contributed by atoms with Gasteiger partial charge in [-0.25, -0.2) is 9.67 Å². The number of aliphatic hydroxyl groups is 1. The molecule has 0 aliphatic carbocycles. The van der Waals surface area contributed by atoms with Gasteiger partial charge >= 0.3 is 0 Å². The van der Waals surface area contributed by atoms with Gasteiger partial charge in [0, 0.05) is 31.7 Å². The quantitative estimate of drug-likeness (QED) is 0.679. The second kappa shape index (κ2) is 8.33. The van der Waals surface area contributed by atoms with E-state index in [2.05, 4.69) is 38.5 Å². The molecule has 0 radical (unpaired) electrons. The maximum absolute atomic E-state index is 12.3. The first-order valence-electron chi connectivity index (χ1n) is 9.39. The third-order valence-electron chi connectivity index (χ3n) is 4.99. The van der Waals surface area contributed by atoms with E-state index in [1.165, 1.54) is 17.5 Å². The number of nitrogens with zero attached hydrogens (tertiary/aromatic N) is 4. The number of fused-ring (bicyclic) bond motifs is 1. The minimum absolute atomic E-state index is 0.201. The molecule has 0 bridgehead atoms. The van der Waals surface area contributed by atoms with E-state index in [1.807, 2.05) is 18.2 Å². The lowest BCUT2D eigenvalue weighted by Gasteiger charge is -2.30. The lowest BCUT2D eigenvalue weighted by molar-refractivity contribution is 0.0842. The van der Waals surface area contributed by atoms with E-state index in [1.54, 1.807) is 23.1 Å². The van der Waals surface area contributed by atoms with Crippen molar-refractivity contribution in [2.45, 2.75) is 19.1 Å². The van der Waals surface area contributed by atoms with Crippen LogP contribution in [0.2, 0.25) is 0 Å². The summed E-state index contributed by atoms with van der Waals surface area (Å²) in [4.78, 5) is 18.5. The van der Waals surface area contributed by atoms with Gasteiger partial charge in [-0.1, -0.05) is 24.3 Å². The SMILES string of the molecule is O=C(NCC(O)CN1CCc2ccccc2C1)c1ccc(-n2cncn2)cc1. The van der Waals surface area contributed by atoms with Gasteiger partial charge in [0.1, 0.15) is 12.7 Å². The summed E-state index contributed by atoms with van der Waals surface area (Å²) < 4.78 is 1.63. The molecular weight excluding hydrogens is 354 g/mol. The third-order valence-corrected chi connectivity index (χ3v) is 4.99. The van der Waals surface area contributed by atoms with Gasteiger partial charge in [0.15, 0.2) is 0 Å². The zero-order valence-corrected chi connectivity index (χ0v) is 15.5. The Hall–Kier alpha value is -3.03. The highest BCUT2D eigenvalue weighted by Crippen LogP contribution is 2.18. The van der Waals surface area contributed by atoms with Crippen LogP contribution in [-0.4, -0.2) is 56.4 Å². The number of rotatable bonds is 6. The summed E-state index contributed by atoms with van der Waals surface area (Å²) in [6.07, 6.45) is 3.45. The molecule has 0 fully saturated rings. The van der Waals surface area contributed by atoms with Crippen LogP contribution < -0.4 is 5.32 Å². The average molecular weight is 377 g/mol. The van der Waals surface area contributed by atoms with Gasteiger partial charge in [-0.2, -0.15) is 5.10 Å². The van der Waals surface area contributed by atoms with Crippen LogP contribution in [0.1, 0.15) is 21.5 Å². The number of benzene rings is 2. The second-order valence-electron chi connectivity index (χ2n) is 7.00. The molecule has 28 heavy (non-hydrogen) atoms. The van der Waals surface area contributed by atoms with Crippen LogP contribution in [0.3, 0.4) is 0 Å². The number of β-amino-alcohol motifs (C(OH)–C–C–N with tert-alkyl or cyclic N) is 1. The molecule has 1 aromatic heterocycles. The zero-order valence-electron chi connectivity index (χ0n) is 15.5. The molecule has 2 N–H and O–H groups in total. The fourth-order valence-electron chi connectivity index (χ4n) is 3.49. The molecule has 0 saturated heterocycles. The van der Waals surface area contributed by atoms with Gasteiger partial charge in [-0.05, 0) is 41.8 Å². The van der Waals surface area contributed by atoms with Crippen molar-refractivity contribution in [1.29, 1.82) is 0 Å². The topological polar surface area (TPSA) is 83.3 Å². The summed E-state index contributed by atoms with van der Waals surface area (Å²) in [6, 6.07) is 15.5. The van der Waals surface area contributed by atoms with Gasteiger partial charge in [-0.3, -0.25) is 9.69 Å². The highest BCUT2D eigenvalue weighted by atomic mass is 16.3. The average Bonchev–Trinajstić information content (AvgIpc) is 3.27. The van der Waals surface area contributed by atoms with Crippen molar-refractivity contribution in [3.63, 3.8) is 0 Å². The lowest BCUT2D eigenvalue weighted by atomic mass is 10.00. The smallest absolute Gasteiger partial charge is 0.251 e. The van der Waals surface area contributed by atoms with Gasteiger partial charge in [-0.15, -0.1) is 0 Å². The first-order chi connectivity index (χ1) is 13.7. The van der Waals surface area contributed by atoms with Crippen molar-refractivity contribution < 1.29 is 9.90 Å². The molecule has 4 rings (SSSR count). The molecule has 3 aromatic rings. The molecule has 1 aliphatic rings. The van der Waals surface area contributed by atoms with Crippen molar-refractivity contribution in [2.24, 2.45) is 0 Å². The van der Waals surface area contributed by atoms with E-state index in [9.17, 15) is 9.90 Å².